The molecule has 0 spiro atoms. The van der Waals surface area contributed by atoms with Gasteiger partial charge in [-0.05, 0) is 24.0 Å². The van der Waals surface area contributed by atoms with Crippen molar-refractivity contribution < 1.29 is 4.18 Å². The average Bonchev–Trinajstić information content (AvgIpc) is 1.85. The second-order valence-corrected chi connectivity index (χ2v) is 4.20. The smallest absolute Gasteiger partial charge is 0.0614 e. The average molecular weight is 166 g/mol. The monoisotopic (exact) mass is 166 g/mol. The van der Waals surface area contributed by atoms with Crippen molar-refractivity contribution in [2.45, 2.75) is 26.7 Å². The zero-order valence-electron chi connectivity index (χ0n) is 6.05. The standard InChI is InChI=1S/C6H14OS2/c1-3-5-7-9(8)6-4-2/h3-6H2,1-2H3. The van der Waals surface area contributed by atoms with E-state index in [1.165, 1.54) is 0 Å². The van der Waals surface area contributed by atoms with Crippen molar-refractivity contribution in [3.63, 3.8) is 0 Å². The van der Waals surface area contributed by atoms with Crippen LogP contribution in [0.15, 0.2) is 0 Å². The molecule has 0 aromatic carbocycles. The molecule has 1 atom stereocenters. The molecule has 3 heteroatoms. The van der Waals surface area contributed by atoms with E-state index in [1.54, 1.807) is 0 Å². The van der Waals surface area contributed by atoms with E-state index < -0.39 is 0 Å². The largest absolute Gasteiger partial charge is 0.312 e. The van der Waals surface area contributed by atoms with Gasteiger partial charge in [0.15, 0.2) is 0 Å². The summed E-state index contributed by atoms with van der Waals surface area (Å²) in [6.45, 7) is 5.05. The van der Waals surface area contributed by atoms with Crippen molar-refractivity contribution in [2.75, 3.05) is 12.4 Å². The summed E-state index contributed by atoms with van der Waals surface area (Å²) in [5.74, 6) is 1.04. The summed E-state index contributed by atoms with van der Waals surface area (Å²) < 4.78 is 5.27. The maximum atomic E-state index is 5.27. The molecule has 1 nitrogen and oxygen atoms in total. The Balaban J connectivity index is 3.06. The SMILES string of the molecule is CCCOS(=S)CCC. The number of hydrogen-bond acceptors (Lipinski definition) is 2. The molecule has 0 aromatic heterocycles. The van der Waals surface area contributed by atoms with Gasteiger partial charge in [0.05, 0.1) is 6.61 Å². The van der Waals surface area contributed by atoms with Gasteiger partial charge in [0.25, 0.3) is 0 Å². The van der Waals surface area contributed by atoms with E-state index in [9.17, 15) is 0 Å². The van der Waals surface area contributed by atoms with Gasteiger partial charge in [0.2, 0.25) is 0 Å². The van der Waals surface area contributed by atoms with Crippen LogP contribution in [-0.4, -0.2) is 12.4 Å². The van der Waals surface area contributed by atoms with E-state index >= 15 is 0 Å². The van der Waals surface area contributed by atoms with Crippen LogP contribution in [0.25, 0.3) is 0 Å². The molecule has 0 saturated carbocycles. The third-order valence-electron chi connectivity index (χ3n) is 0.790. The van der Waals surface area contributed by atoms with E-state index in [4.69, 9.17) is 15.4 Å². The fourth-order valence-corrected chi connectivity index (χ4v) is 1.91. The van der Waals surface area contributed by atoms with Crippen LogP contribution in [0.1, 0.15) is 26.7 Å². The normalized spacial score (nSPS) is 13.6. The zero-order valence-corrected chi connectivity index (χ0v) is 7.69. The highest BCUT2D eigenvalue weighted by Crippen LogP contribution is 1.91. The van der Waals surface area contributed by atoms with Gasteiger partial charge in [0, 0.05) is 15.5 Å². The van der Waals surface area contributed by atoms with Gasteiger partial charge in [-0.1, -0.05) is 13.8 Å². The summed E-state index contributed by atoms with van der Waals surface area (Å²) >= 11 is 5.01. The lowest BCUT2D eigenvalue weighted by Gasteiger charge is -2.01. The van der Waals surface area contributed by atoms with Crippen LogP contribution in [0.5, 0.6) is 0 Å². The minimum atomic E-state index is -0.187. The number of hydrogen-bond donors (Lipinski definition) is 0. The Hall–Kier alpha value is 0.530. The minimum absolute atomic E-state index is 0.187. The lowest BCUT2D eigenvalue weighted by atomic mass is 10.5. The predicted molar refractivity (Wildman–Crippen MR) is 46.1 cm³/mol. The summed E-state index contributed by atoms with van der Waals surface area (Å²) in [7, 11) is -0.187. The molecule has 0 radical (unpaired) electrons. The molecule has 0 aliphatic carbocycles. The second kappa shape index (κ2) is 6.65. The molecule has 0 saturated heterocycles. The molecule has 0 rings (SSSR count). The molecule has 0 amide bonds. The first-order chi connectivity index (χ1) is 4.31. The van der Waals surface area contributed by atoms with Crippen LogP contribution in [0, 0.1) is 0 Å². The summed E-state index contributed by atoms with van der Waals surface area (Å²) in [4.78, 5) is 0. The molecule has 0 N–H and O–H groups in total. The van der Waals surface area contributed by atoms with E-state index in [0.29, 0.717) is 0 Å². The van der Waals surface area contributed by atoms with Crippen molar-refractivity contribution in [2.24, 2.45) is 0 Å². The zero-order chi connectivity index (χ0) is 7.11. The molecule has 0 aliphatic rings. The molecule has 1 unspecified atom stereocenters. The first-order valence-electron chi connectivity index (χ1n) is 3.32. The Bertz CT molecular complexity index is 83.1. The molecule has 56 valence electrons. The highest BCUT2D eigenvalue weighted by Gasteiger charge is 1.89. The first-order valence-corrected chi connectivity index (χ1v) is 5.57. The summed E-state index contributed by atoms with van der Waals surface area (Å²) in [6, 6.07) is 0. The second-order valence-electron chi connectivity index (χ2n) is 1.83. The maximum Gasteiger partial charge on any atom is 0.0614 e. The van der Waals surface area contributed by atoms with Gasteiger partial charge in [-0.25, -0.2) is 0 Å². The summed E-state index contributed by atoms with van der Waals surface area (Å²) in [5.41, 5.74) is 0. The lowest BCUT2D eigenvalue weighted by Crippen LogP contribution is -2.00. The van der Waals surface area contributed by atoms with E-state index in [1.807, 2.05) is 0 Å². The van der Waals surface area contributed by atoms with Crippen LogP contribution in [0.2, 0.25) is 0 Å². The van der Waals surface area contributed by atoms with Gasteiger partial charge in [0.1, 0.15) is 0 Å². The lowest BCUT2D eigenvalue weighted by molar-refractivity contribution is 0.368. The minimum Gasteiger partial charge on any atom is -0.312 e. The topological polar surface area (TPSA) is 9.23 Å². The van der Waals surface area contributed by atoms with Gasteiger partial charge < -0.3 is 4.18 Å². The molecule has 0 heterocycles. The highest BCUT2D eigenvalue weighted by atomic mass is 32.8. The van der Waals surface area contributed by atoms with Crippen molar-refractivity contribution in [1.82, 2.24) is 0 Å². The molecule has 0 aromatic rings. The quantitative estimate of drug-likeness (QED) is 0.616. The van der Waals surface area contributed by atoms with E-state index in [2.05, 4.69) is 13.8 Å². The molecule has 9 heavy (non-hydrogen) atoms. The third-order valence-corrected chi connectivity index (χ3v) is 2.75. The van der Waals surface area contributed by atoms with Crippen LogP contribution in [0.3, 0.4) is 0 Å². The Morgan fingerprint density at radius 1 is 1.33 bits per heavy atom. The van der Waals surface area contributed by atoms with Crippen molar-refractivity contribution >= 4 is 20.9 Å². The van der Waals surface area contributed by atoms with Crippen LogP contribution >= 0.6 is 0 Å². The first kappa shape index (κ1) is 9.53. The van der Waals surface area contributed by atoms with Gasteiger partial charge in [-0.3, -0.25) is 0 Å². The van der Waals surface area contributed by atoms with Crippen molar-refractivity contribution in [3.05, 3.63) is 0 Å². The molecule has 0 aliphatic heterocycles. The van der Waals surface area contributed by atoms with Gasteiger partial charge in [-0.15, -0.1) is 0 Å². The Kier molecular flexibility index (Phi) is 7.04. The maximum absolute atomic E-state index is 5.27. The van der Waals surface area contributed by atoms with Crippen LogP contribution in [-0.2, 0) is 25.1 Å². The van der Waals surface area contributed by atoms with E-state index in [0.717, 1.165) is 25.2 Å². The van der Waals surface area contributed by atoms with Crippen LogP contribution in [0.4, 0.5) is 0 Å². The third kappa shape index (κ3) is 6.41. The van der Waals surface area contributed by atoms with Gasteiger partial charge in [-0.2, -0.15) is 0 Å². The molecular formula is C6H14OS2. The fourth-order valence-electron chi connectivity index (χ4n) is 0.402. The molecule has 0 fully saturated rings. The highest BCUT2D eigenvalue weighted by molar-refractivity contribution is 8.26. The van der Waals surface area contributed by atoms with Crippen molar-refractivity contribution in [3.8, 4) is 0 Å². The van der Waals surface area contributed by atoms with E-state index in [-0.39, 0.29) is 9.74 Å². The number of rotatable bonds is 5. The Labute approximate surface area is 64.6 Å². The summed E-state index contributed by atoms with van der Waals surface area (Å²) in [5, 5.41) is 0. The Morgan fingerprint density at radius 3 is 2.44 bits per heavy atom. The predicted octanol–water partition coefficient (Wildman–Crippen LogP) is 1.82. The molecular weight excluding hydrogens is 152 g/mol. The van der Waals surface area contributed by atoms with Gasteiger partial charge >= 0.3 is 0 Å². The summed E-state index contributed by atoms with van der Waals surface area (Å²) in [6.07, 6.45) is 2.21. The molecule has 0 bridgehead atoms. The Morgan fingerprint density at radius 2 is 2.00 bits per heavy atom. The fraction of sp³-hybridized carbons (Fsp3) is 1.00. The van der Waals surface area contributed by atoms with Crippen LogP contribution < -0.4 is 0 Å². The van der Waals surface area contributed by atoms with Crippen molar-refractivity contribution in [1.29, 1.82) is 0 Å².